The van der Waals surface area contributed by atoms with E-state index in [4.69, 9.17) is 4.74 Å². The summed E-state index contributed by atoms with van der Waals surface area (Å²) < 4.78 is 5.31. The fourth-order valence-corrected chi connectivity index (χ4v) is 3.09. The van der Waals surface area contributed by atoms with E-state index in [0.717, 1.165) is 28.1 Å². The maximum Gasteiger partial charge on any atom is 0.250 e. The van der Waals surface area contributed by atoms with E-state index in [-0.39, 0.29) is 5.91 Å². The minimum absolute atomic E-state index is 0.225. The smallest absolute Gasteiger partial charge is 0.250 e. The van der Waals surface area contributed by atoms with Crippen LogP contribution in [0, 0.1) is 6.92 Å². The van der Waals surface area contributed by atoms with Gasteiger partial charge in [0.05, 0.1) is 12.8 Å². The summed E-state index contributed by atoms with van der Waals surface area (Å²) in [7, 11) is 1.61. The Morgan fingerprint density at radius 3 is 2.76 bits per heavy atom. The molecule has 3 aromatic rings. The molecule has 1 N–H and O–H groups in total. The lowest BCUT2D eigenvalue weighted by atomic mass is 10.1. The molecule has 126 valence electrons. The summed E-state index contributed by atoms with van der Waals surface area (Å²) in [6.07, 6.45) is 3.23. The third-order valence-electron chi connectivity index (χ3n) is 3.60. The predicted molar refractivity (Wildman–Crippen MR) is 103 cm³/mol. The molecule has 0 aliphatic heterocycles. The summed E-state index contributed by atoms with van der Waals surface area (Å²) in [5.41, 5.74) is 3.85. The average molecular weight is 350 g/mol. The normalized spacial score (nSPS) is 10.8. The van der Waals surface area contributed by atoms with Gasteiger partial charge in [0.15, 0.2) is 5.13 Å². The van der Waals surface area contributed by atoms with Gasteiger partial charge in [-0.05, 0) is 25.1 Å². The number of aromatic nitrogens is 1. The van der Waals surface area contributed by atoms with Crippen LogP contribution in [0.5, 0.6) is 5.75 Å². The monoisotopic (exact) mass is 350 g/mol. The van der Waals surface area contributed by atoms with E-state index in [1.807, 2.05) is 60.8 Å². The van der Waals surface area contributed by atoms with Gasteiger partial charge < -0.3 is 4.74 Å². The summed E-state index contributed by atoms with van der Waals surface area (Å²) in [4.78, 5) is 16.6. The number of aryl methyl sites for hydroxylation is 1. The van der Waals surface area contributed by atoms with Crippen molar-refractivity contribution in [3.63, 3.8) is 0 Å². The minimum Gasteiger partial charge on any atom is -0.496 e. The fraction of sp³-hybridized carbons (Fsp3) is 0.100. The Bertz CT molecular complexity index is 901. The molecular formula is C20H18N2O2S. The second-order valence-corrected chi connectivity index (χ2v) is 6.33. The molecule has 0 atom stereocenters. The van der Waals surface area contributed by atoms with Gasteiger partial charge in [-0.25, -0.2) is 4.98 Å². The number of nitrogens with one attached hydrogen (secondary N) is 1. The number of carbonyl (C=O) groups is 1. The zero-order valence-corrected chi connectivity index (χ0v) is 14.8. The fourth-order valence-electron chi connectivity index (χ4n) is 2.37. The average Bonchev–Trinajstić information content (AvgIpc) is 3.09. The molecule has 0 aliphatic rings. The number of hydrogen-bond acceptors (Lipinski definition) is 4. The van der Waals surface area contributed by atoms with Crippen molar-refractivity contribution in [1.29, 1.82) is 0 Å². The summed E-state index contributed by atoms with van der Waals surface area (Å²) in [6.45, 7) is 2.00. The molecule has 0 fully saturated rings. The van der Waals surface area contributed by atoms with E-state index in [0.29, 0.717) is 5.13 Å². The Kier molecular flexibility index (Phi) is 5.26. The van der Waals surface area contributed by atoms with E-state index in [9.17, 15) is 4.79 Å². The highest BCUT2D eigenvalue weighted by atomic mass is 32.1. The zero-order chi connectivity index (χ0) is 17.6. The van der Waals surface area contributed by atoms with Crippen LogP contribution in [0.15, 0.2) is 60.0 Å². The molecule has 0 spiro atoms. The summed E-state index contributed by atoms with van der Waals surface area (Å²) >= 11 is 1.40. The number of hydrogen-bond donors (Lipinski definition) is 1. The predicted octanol–water partition coefficient (Wildman–Crippen LogP) is 4.78. The molecule has 0 unspecified atom stereocenters. The Morgan fingerprint density at radius 2 is 2.00 bits per heavy atom. The third-order valence-corrected chi connectivity index (χ3v) is 4.36. The maximum absolute atomic E-state index is 12.1. The zero-order valence-electron chi connectivity index (χ0n) is 14.0. The largest absolute Gasteiger partial charge is 0.496 e. The van der Waals surface area contributed by atoms with Gasteiger partial charge in [-0.3, -0.25) is 10.1 Å². The number of rotatable bonds is 5. The van der Waals surface area contributed by atoms with E-state index in [1.165, 1.54) is 17.4 Å². The molecule has 1 aromatic heterocycles. The molecule has 1 heterocycles. The van der Waals surface area contributed by atoms with Crippen molar-refractivity contribution in [1.82, 2.24) is 4.98 Å². The lowest BCUT2D eigenvalue weighted by Gasteiger charge is -2.05. The SMILES string of the molecule is COc1ccc(C)cc1/C=C/C(=O)Nc1nc(-c2ccccc2)cs1. The third kappa shape index (κ3) is 4.33. The number of benzene rings is 2. The molecule has 25 heavy (non-hydrogen) atoms. The summed E-state index contributed by atoms with van der Waals surface area (Å²) in [5, 5.41) is 5.30. The van der Waals surface area contributed by atoms with Crippen molar-refractivity contribution >= 4 is 28.5 Å². The molecule has 0 saturated carbocycles. The van der Waals surface area contributed by atoms with Crippen LogP contribution in [0.1, 0.15) is 11.1 Å². The van der Waals surface area contributed by atoms with Crippen molar-refractivity contribution in [3.8, 4) is 17.0 Å². The Balaban J connectivity index is 1.69. The highest BCUT2D eigenvalue weighted by Gasteiger charge is 2.06. The standard InChI is InChI=1S/C20H18N2O2S/c1-14-8-10-18(24-2)16(12-14)9-11-19(23)22-20-21-17(13-25-20)15-6-4-3-5-7-15/h3-13H,1-2H3,(H,21,22,23)/b11-9+. The van der Waals surface area contributed by atoms with Crippen LogP contribution in [0.2, 0.25) is 0 Å². The number of methoxy groups -OCH3 is 1. The molecule has 5 heteroatoms. The van der Waals surface area contributed by atoms with Crippen molar-refractivity contribution in [3.05, 3.63) is 71.1 Å². The first-order valence-corrected chi connectivity index (χ1v) is 8.68. The topological polar surface area (TPSA) is 51.2 Å². The van der Waals surface area contributed by atoms with Crippen LogP contribution < -0.4 is 10.1 Å². The number of ether oxygens (including phenoxy) is 1. The van der Waals surface area contributed by atoms with Crippen LogP contribution in [0.25, 0.3) is 17.3 Å². The van der Waals surface area contributed by atoms with E-state index >= 15 is 0 Å². The molecule has 1 amide bonds. The van der Waals surface area contributed by atoms with Crippen LogP contribution in [-0.4, -0.2) is 18.0 Å². The van der Waals surface area contributed by atoms with Crippen LogP contribution in [0.3, 0.4) is 0 Å². The van der Waals surface area contributed by atoms with Gasteiger partial charge >= 0.3 is 0 Å². The minimum atomic E-state index is -0.225. The van der Waals surface area contributed by atoms with Gasteiger partial charge in [0.2, 0.25) is 5.91 Å². The molecule has 0 bridgehead atoms. The second kappa shape index (κ2) is 7.77. The Labute approximate surface area is 150 Å². The first-order chi connectivity index (χ1) is 12.2. The molecule has 0 aliphatic carbocycles. The number of thiazole rings is 1. The van der Waals surface area contributed by atoms with Gasteiger partial charge in [0.25, 0.3) is 0 Å². The molecule has 2 aromatic carbocycles. The number of amides is 1. The summed E-state index contributed by atoms with van der Waals surface area (Å²) in [5.74, 6) is 0.507. The lowest BCUT2D eigenvalue weighted by Crippen LogP contribution is -2.07. The highest BCUT2D eigenvalue weighted by Crippen LogP contribution is 2.25. The van der Waals surface area contributed by atoms with Crippen LogP contribution in [-0.2, 0) is 4.79 Å². The molecule has 0 saturated heterocycles. The maximum atomic E-state index is 12.1. The summed E-state index contributed by atoms with van der Waals surface area (Å²) in [6, 6.07) is 15.7. The first-order valence-electron chi connectivity index (χ1n) is 7.80. The van der Waals surface area contributed by atoms with E-state index in [1.54, 1.807) is 13.2 Å². The molecular weight excluding hydrogens is 332 g/mol. The lowest BCUT2D eigenvalue weighted by molar-refractivity contribution is -0.111. The van der Waals surface area contributed by atoms with Gasteiger partial charge in [-0.15, -0.1) is 11.3 Å². The number of carbonyl (C=O) groups excluding carboxylic acids is 1. The number of nitrogens with zero attached hydrogens (tertiary/aromatic N) is 1. The quantitative estimate of drug-likeness (QED) is 0.674. The van der Waals surface area contributed by atoms with Gasteiger partial charge in [-0.1, -0.05) is 42.0 Å². The highest BCUT2D eigenvalue weighted by molar-refractivity contribution is 7.14. The molecule has 4 nitrogen and oxygen atoms in total. The molecule has 0 radical (unpaired) electrons. The van der Waals surface area contributed by atoms with Gasteiger partial charge in [0.1, 0.15) is 5.75 Å². The first kappa shape index (κ1) is 16.9. The van der Waals surface area contributed by atoms with Crippen molar-refractivity contribution < 1.29 is 9.53 Å². The Morgan fingerprint density at radius 1 is 1.20 bits per heavy atom. The van der Waals surface area contributed by atoms with Crippen molar-refractivity contribution in [2.45, 2.75) is 6.92 Å². The van der Waals surface area contributed by atoms with Gasteiger partial charge in [-0.2, -0.15) is 0 Å². The second-order valence-electron chi connectivity index (χ2n) is 5.47. The van der Waals surface area contributed by atoms with E-state index < -0.39 is 0 Å². The van der Waals surface area contributed by atoms with Gasteiger partial charge in [0, 0.05) is 22.6 Å². The number of anilines is 1. The molecule has 3 rings (SSSR count). The van der Waals surface area contributed by atoms with Crippen LogP contribution in [0.4, 0.5) is 5.13 Å². The van der Waals surface area contributed by atoms with Crippen LogP contribution >= 0.6 is 11.3 Å². The Hall–Kier alpha value is -2.92. The van der Waals surface area contributed by atoms with Crippen molar-refractivity contribution in [2.75, 3.05) is 12.4 Å². The van der Waals surface area contributed by atoms with Crippen molar-refractivity contribution in [2.24, 2.45) is 0 Å². The van der Waals surface area contributed by atoms with E-state index in [2.05, 4.69) is 10.3 Å².